The minimum Gasteiger partial charge on any atom is -0.480 e. The fraction of sp³-hybridized carbons (Fsp3) is 0.125. The van der Waals surface area contributed by atoms with Crippen LogP contribution >= 0.6 is 0 Å². The summed E-state index contributed by atoms with van der Waals surface area (Å²) in [6.45, 7) is 0. The van der Waals surface area contributed by atoms with Crippen molar-refractivity contribution in [2.75, 3.05) is 0 Å². The highest BCUT2D eigenvalue weighted by Gasteiger charge is 2.24. The summed E-state index contributed by atoms with van der Waals surface area (Å²) in [5, 5.41) is 19.9. The molecule has 1 aliphatic heterocycles. The van der Waals surface area contributed by atoms with Gasteiger partial charge in [-0.1, -0.05) is 54.6 Å². The second-order valence-corrected chi connectivity index (χ2v) is 7.09. The number of aromatic nitrogens is 1. The number of benzene rings is 3. The van der Waals surface area contributed by atoms with Gasteiger partial charge in [-0.25, -0.2) is 0 Å². The van der Waals surface area contributed by atoms with Gasteiger partial charge < -0.3 is 25.7 Å². The van der Waals surface area contributed by atoms with Crippen LogP contribution in [0.3, 0.4) is 0 Å². The summed E-state index contributed by atoms with van der Waals surface area (Å²) in [4.78, 5) is 13.7. The van der Waals surface area contributed by atoms with Crippen LogP contribution in [-0.2, 0) is 11.2 Å². The lowest BCUT2D eigenvalue weighted by Crippen LogP contribution is -2.32. The molecular formula is C24H22N2O4. The molecule has 2 heterocycles. The summed E-state index contributed by atoms with van der Waals surface area (Å²) in [5.41, 5.74) is 9.09. The molecule has 0 spiro atoms. The molecule has 6 nitrogen and oxygen atoms in total. The van der Waals surface area contributed by atoms with Gasteiger partial charge in [0.15, 0.2) is 0 Å². The van der Waals surface area contributed by atoms with Gasteiger partial charge in [-0.15, -0.1) is 0 Å². The molecule has 4 aromatic rings. The second kappa shape index (κ2) is 8.41. The first-order valence-electron chi connectivity index (χ1n) is 9.61. The molecule has 0 aliphatic carbocycles. The third kappa shape index (κ3) is 3.91. The minimum absolute atomic E-state index is 0.347. The lowest BCUT2D eigenvalue weighted by Gasteiger charge is -2.24. The van der Waals surface area contributed by atoms with Gasteiger partial charge in [-0.2, -0.15) is 0 Å². The van der Waals surface area contributed by atoms with Gasteiger partial charge in [-0.05, 0) is 23.8 Å². The van der Waals surface area contributed by atoms with Crippen molar-refractivity contribution in [2.24, 2.45) is 5.73 Å². The van der Waals surface area contributed by atoms with Crippen LogP contribution < -0.4 is 10.5 Å². The van der Waals surface area contributed by atoms with Crippen LogP contribution in [0.25, 0.3) is 10.9 Å². The fourth-order valence-electron chi connectivity index (χ4n) is 3.51. The minimum atomic E-state index is -0.972. The molecule has 1 aromatic heterocycles. The normalized spacial score (nSPS) is 13.4. The highest BCUT2D eigenvalue weighted by atomic mass is 16.5. The van der Waals surface area contributed by atoms with Crippen LogP contribution in [0.4, 0.5) is 0 Å². The Hall–Kier alpha value is -3.61. The maximum absolute atomic E-state index is 10.6. The van der Waals surface area contributed by atoms with E-state index >= 15 is 0 Å². The number of carboxylic acid groups (broad SMARTS) is 1. The van der Waals surface area contributed by atoms with Crippen molar-refractivity contribution in [2.45, 2.75) is 18.6 Å². The van der Waals surface area contributed by atoms with E-state index in [1.54, 1.807) is 0 Å². The van der Waals surface area contributed by atoms with Gasteiger partial charge in [0.1, 0.15) is 23.6 Å². The van der Waals surface area contributed by atoms with E-state index in [2.05, 4.69) is 4.98 Å². The van der Waals surface area contributed by atoms with E-state index in [-0.39, 0.29) is 0 Å². The number of rotatable bonds is 3. The summed E-state index contributed by atoms with van der Waals surface area (Å²) in [6, 6.07) is 22.0. The van der Waals surface area contributed by atoms with Crippen LogP contribution in [0.2, 0.25) is 0 Å². The zero-order chi connectivity index (χ0) is 21.1. The van der Waals surface area contributed by atoms with Crippen molar-refractivity contribution in [1.82, 2.24) is 4.98 Å². The van der Waals surface area contributed by atoms with Crippen LogP contribution in [0.15, 0.2) is 79.0 Å². The first kappa shape index (κ1) is 19.7. The Bertz CT molecular complexity index is 1140. The quantitative estimate of drug-likeness (QED) is 0.414. The molecule has 0 saturated heterocycles. The Morgan fingerprint density at radius 1 is 0.967 bits per heavy atom. The standard InChI is InChI=1S/C13H10O2.C11H12N2O2/c14-13-9-5-1-3-7-11(9)15-12-8-4-2-6-10(12)13;12-9(11(14)15)5-7-6-13-10-4-2-1-3-8(7)10/h1-8,13-14H;1-4,6,9,13H,5,12H2,(H,14,15). The van der Waals surface area contributed by atoms with Gasteiger partial charge in [0.05, 0.1) is 0 Å². The molecule has 3 aromatic carbocycles. The van der Waals surface area contributed by atoms with Crippen molar-refractivity contribution in [3.8, 4) is 11.5 Å². The topological polar surface area (TPSA) is 109 Å². The third-order valence-corrected chi connectivity index (χ3v) is 5.08. The maximum Gasteiger partial charge on any atom is 0.320 e. The van der Waals surface area contributed by atoms with Crippen LogP contribution in [-0.4, -0.2) is 27.2 Å². The Labute approximate surface area is 173 Å². The molecular weight excluding hydrogens is 380 g/mol. The van der Waals surface area contributed by atoms with E-state index in [9.17, 15) is 9.90 Å². The molecule has 5 rings (SSSR count). The van der Waals surface area contributed by atoms with E-state index in [4.69, 9.17) is 15.6 Å². The third-order valence-electron chi connectivity index (χ3n) is 5.08. The number of nitrogens with two attached hydrogens (primary N) is 1. The largest absolute Gasteiger partial charge is 0.480 e. The highest BCUT2D eigenvalue weighted by Crippen LogP contribution is 2.42. The summed E-state index contributed by atoms with van der Waals surface area (Å²) in [6.07, 6.45) is 1.58. The van der Waals surface area contributed by atoms with Gasteiger partial charge in [0.25, 0.3) is 0 Å². The lowest BCUT2D eigenvalue weighted by molar-refractivity contribution is -0.138. The Balaban J connectivity index is 0.000000145. The van der Waals surface area contributed by atoms with Crippen molar-refractivity contribution >= 4 is 16.9 Å². The van der Waals surface area contributed by atoms with Crippen LogP contribution in [0.1, 0.15) is 22.8 Å². The first-order valence-corrected chi connectivity index (χ1v) is 9.61. The molecule has 0 amide bonds. The number of aliphatic carboxylic acids is 1. The average molecular weight is 402 g/mol. The SMILES string of the molecule is NC(Cc1c[nH]c2ccccc12)C(=O)O.OC1c2ccccc2Oc2ccccc21. The maximum atomic E-state index is 10.6. The van der Waals surface area contributed by atoms with E-state index in [1.165, 1.54) is 0 Å². The average Bonchev–Trinajstić information content (AvgIpc) is 3.17. The number of aliphatic hydroxyl groups excluding tert-OH is 1. The second-order valence-electron chi connectivity index (χ2n) is 7.09. The van der Waals surface area contributed by atoms with Crippen molar-refractivity contribution in [3.63, 3.8) is 0 Å². The highest BCUT2D eigenvalue weighted by molar-refractivity contribution is 5.84. The molecule has 0 saturated carbocycles. The van der Waals surface area contributed by atoms with E-state index < -0.39 is 18.1 Å². The van der Waals surface area contributed by atoms with Crippen LogP contribution in [0, 0.1) is 0 Å². The zero-order valence-electron chi connectivity index (χ0n) is 16.2. The van der Waals surface area contributed by atoms with E-state index in [0.717, 1.165) is 39.1 Å². The molecule has 1 atom stereocenters. The number of aliphatic hydroxyl groups is 1. The van der Waals surface area contributed by atoms with Crippen molar-refractivity contribution in [1.29, 1.82) is 0 Å². The monoisotopic (exact) mass is 402 g/mol. The first-order chi connectivity index (χ1) is 14.5. The smallest absolute Gasteiger partial charge is 0.320 e. The number of hydrogen-bond donors (Lipinski definition) is 4. The molecule has 0 radical (unpaired) electrons. The van der Waals surface area contributed by atoms with E-state index in [1.807, 2.05) is 79.0 Å². The van der Waals surface area contributed by atoms with Gasteiger partial charge in [0.2, 0.25) is 0 Å². The Morgan fingerprint density at radius 2 is 1.53 bits per heavy atom. The predicted octanol–water partition coefficient (Wildman–Crippen LogP) is 4.00. The summed E-state index contributed by atoms with van der Waals surface area (Å²) < 4.78 is 5.69. The molecule has 0 bridgehead atoms. The molecule has 5 N–H and O–H groups in total. The summed E-state index contributed by atoms with van der Waals surface area (Å²) in [7, 11) is 0. The predicted molar refractivity (Wildman–Crippen MR) is 115 cm³/mol. The molecule has 152 valence electrons. The number of fused-ring (bicyclic) bond motifs is 3. The lowest BCUT2D eigenvalue weighted by atomic mass is 9.97. The number of aromatic amines is 1. The number of H-pyrrole nitrogens is 1. The number of carboxylic acids is 1. The van der Waals surface area contributed by atoms with Crippen molar-refractivity contribution < 1.29 is 19.7 Å². The van der Waals surface area contributed by atoms with Gasteiger partial charge >= 0.3 is 5.97 Å². The molecule has 1 aliphatic rings. The number of carbonyl (C=O) groups is 1. The summed E-state index contributed by atoms with van der Waals surface area (Å²) >= 11 is 0. The molecule has 30 heavy (non-hydrogen) atoms. The zero-order valence-corrected chi connectivity index (χ0v) is 16.2. The number of hydrogen-bond acceptors (Lipinski definition) is 4. The van der Waals surface area contributed by atoms with Gasteiger partial charge in [-0.3, -0.25) is 4.79 Å². The number of ether oxygens (including phenoxy) is 1. The molecule has 6 heteroatoms. The van der Waals surface area contributed by atoms with Crippen molar-refractivity contribution in [3.05, 3.63) is 95.7 Å². The Kier molecular flexibility index (Phi) is 5.52. The van der Waals surface area contributed by atoms with E-state index in [0.29, 0.717) is 6.42 Å². The molecule has 1 unspecified atom stereocenters. The molecule has 0 fully saturated rings. The fourth-order valence-corrected chi connectivity index (χ4v) is 3.51. The van der Waals surface area contributed by atoms with Gasteiger partial charge in [0, 0.05) is 34.6 Å². The Morgan fingerprint density at radius 3 is 2.17 bits per heavy atom. The number of nitrogens with one attached hydrogen (secondary N) is 1. The summed E-state index contributed by atoms with van der Waals surface area (Å²) in [5.74, 6) is 0.507. The number of para-hydroxylation sites is 3. The van der Waals surface area contributed by atoms with Crippen LogP contribution in [0.5, 0.6) is 11.5 Å².